The van der Waals surface area contributed by atoms with Gasteiger partial charge in [0, 0.05) is 13.2 Å². The zero-order valence-electron chi connectivity index (χ0n) is 6.39. The summed E-state index contributed by atoms with van der Waals surface area (Å²) < 4.78 is 37.3. The molecule has 0 spiro atoms. The second-order valence-corrected chi connectivity index (χ2v) is 2.36. The van der Waals surface area contributed by atoms with Crippen molar-refractivity contribution in [3.8, 4) is 0 Å². The van der Waals surface area contributed by atoms with Gasteiger partial charge in [-0.05, 0) is 0 Å². The van der Waals surface area contributed by atoms with E-state index in [1.165, 1.54) is 11.6 Å². The van der Waals surface area contributed by atoms with E-state index in [4.69, 9.17) is 5.73 Å². The van der Waals surface area contributed by atoms with Crippen LogP contribution in [0.3, 0.4) is 0 Å². The van der Waals surface area contributed by atoms with Crippen LogP contribution in [0.15, 0.2) is 6.20 Å². The highest BCUT2D eigenvalue weighted by Crippen LogP contribution is 2.27. The Balaban J connectivity index is 3.05. The van der Waals surface area contributed by atoms with Crippen molar-refractivity contribution in [1.29, 1.82) is 0 Å². The molecule has 0 bridgehead atoms. The number of nitrogens with zero attached hydrogens (tertiary/aromatic N) is 2. The van der Waals surface area contributed by atoms with Crippen molar-refractivity contribution < 1.29 is 13.2 Å². The van der Waals surface area contributed by atoms with Crippen molar-refractivity contribution in [2.45, 2.75) is 12.7 Å². The number of imidazole rings is 1. The molecule has 0 aliphatic heterocycles. The smallest absolute Gasteiger partial charge is 0.336 e. The Morgan fingerprint density at radius 3 is 2.42 bits per heavy atom. The first-order valence-electron chi connectivity index (χ1n) is 3.24. The van der Waals surface area contributed by atoms with Crippen LogP contribution < -0.4 is 5.73 Å². The maximum atomic E-state index is 12.0. The second-order valence-electron chi connectivity index (χ2n) is 2.36. The summed E-state index contributed by atoms with van der Waals surface area (Å²) in [7, 11) is 1.48. The number of aromatic nitrogens is 2. The van der Waals surface area contributed by atoms with Crippen LogP contribution in [0.25, 0.3) is 0 Å². The summed E-state index contributed by atoms with van der Waals surface area (Å²) in [6, 6.07) is 0. The number of hydrogen-bond donors (Lipinski definition) is 1. The molecule has 0 amide bonds. The van der Waals surface area contributed by atoms with Crippen molar-refractivity contribution in [2.24, 2.45) is 12.8 Å². The second kappa shape index (κ2) is 2.78. The molecule has 3 nitrogen and oxygen atoms in total. The van der Waals surface area contributed by atoms with Crippen LogP contribution in [0.5, 0.6) is 0 Å². The number of nitrogens with two attached hydrogens (primary N) is 1. The predicted molar refractivity (Wildman–Crippen MR) is 36.1 cm³/mol. The summed E-state index contributed by atoms with van der Waals surface area (Å²) in [4.78, 5) is 3.31. The number of halogens is 3. The topological polar surface area (TPSA) is 43.8 Å². The predicted octanol–water partition coefficient (Wildman–Crippen LogP) is 0.898. The highest BCUT2D eigenvalue weighted by molar-refractivity contribution is 5.06. The van der Waals surface area contributed by atoms with Crippen molar-refractivity contribution in [3.63, 3.8) is 0 Å². The van der Waals surface area contributed by atoms with Crippen LogP contribution in [-0.4, -0.2) is 9.55 Å². The minimum Gasteiger partial charge on any atom is -0.336 e. The zero-order chi connectivity index (χ0) is 9.35. The molecule has 1 heterocycles. The molecule has 2 N–H and O–H groups in total. The fourth-order valence-corrected chi connectivity index (χ4v) is 0.831. The highest BCUT2D eigenvalue weighted by Gasteiger charge is 2.34. The van der Waals surface area contributed by atoms with Crippen LogP contribution in [0.2, 0.25) is 0 Å². The fourth-order valence-electron chi connectivity index (χ4n) is 0.831. The minimum absolute atomic E-state index is 0.00653. The molecule has 12 heavy (non-hydrogen) atoms. The van der Waals surface area contributed by atoms with E-state index in [0.717, 1.165) is 6.20 Å². The van der Waals surface area contributed by atoms with Crippen LogP contribution >= 0.6 is 0 Å². The van der Waals surface area contributed by atoms with Gasteiger partial charge in [-0.2, -0.15) is 13.2 Å². The first kappa shape index (κ1) is 9.05. The van der Waals surface area contributed by atoms with E-state index < -0.39 is 11.9 Å². The van der Waals surface area contributed by atoms with E-state index in [1.54, 1.807) is 0 Å². The van der Waals surface area contributed by atoms with Gasteiger partial charge < -0.3 is 10.3 Å². The van der Waals surface area contributed by atoms with Gasteiger partial charge in [-0.25, -0.2) is 4.98 Å². The molecule has 0 aliphatic rings. The molecule has 0 fully saturated rings. The number of hydrogen-bond acceptors (Lipinski definition) is 2. The van der Waals surface area contributed by atoms with Crippen molar-refractivity contribution in [2.75, 3.05) is 0 Å². The van der Waals surface area contributed by atoms with Gasteiger partial charge >= 0.3 is 6.18 Å². The SMILES string of the molecule is Cn1cc(C(F)(F)F)nc1CN. The largest absolute Gasteiger partial charge is 0.434 e. The standard InChI is InChI=1S/C6H8F3N3/c1-12-3-4(6(7,8)9)11-5(12)2-10/h3H,2,10H2,1H3. The Hall–Kier alpha value is -1.04. The third kappa shape index (κ3) is 1.58. The van der Waals surface area contributed by atoms with Crippen LogP contribution in [-0.2, 0) is 19.8 Å². The van der Waals surface area contributed by atoms with Gasteiger partial charge in [0.25, 0.3) is 0 Å². The van der Waals surface area contributed by atoms with Gasteiger partial charge in [-0.15, -0.1) is 0 Å². The maximum Gasteiger partial charge on any atom is 0.434 e. The average molecular weight is 179 g/mol. The fraction of sp³-hybridized carbons (Fsp3) is 0.500. The summed E-state index contributed by atoms with van der Waals surface area (Å²) >= 11 is 0. The average Bonchev–Trinajstić information content (AvgIpc) is 2.29. The van der Waals surface area contributed by atoms with E-state index >= 15 is 0 Å². The molecule has 1 aromatic rings. The molecule has 0 atom stereocenters. The first-order chi connectivity index (χ1) is 5.45. The van der Waals surface area contributed by atoms with Crippen LogP contribution in [0.4, 0.5) is 13.2 Å². The van der Waals surface area contributed by atoms with E-state index in [1.807, 2.05) is 0 Å². The van der Waals surface area contributed by atoms with Gasteiger partial charge in [-0.3, -0.25) is 0 Å². The molecular formula is C6H8F3N3. The molecule has 0 saturated heterocycles. The van der Waals surface area contributed by atoms with Crippen LogP contribution in [0, 0.1) is 0 Å². The Morgan fingerprint density at radius 2 is 2.17 bits per heavy atom. The van der Waals surface area contributed by atoms with E-state index in [-0.39, 0.29) is 12.4 Å². The van der Waals surface area contributed by atoms with Gasteiger partial charge in [0.15, 0.2) is 5.69 Å². The molecular weight excluding hydrogens is 171 g/mol. The zero-order valence-corrected chi connectivity index (χ0v) is 6.39. The van der Waals surface area contributed by atoms with Crippen LogP contribution in [0.1, 0.15) is 11.5 Å². The first-order valence-corrected chi connectivity index (χ1v) is 3.24. The monoisotopic (exact) mass is 179 g/mol. The van der Waals surface area contributed by atoms with Gasteiger partial charge in [-0.1, -0.05) is 0 Å². The minimum atomic E-state index is -4.38. The number of alkyl halides is 3. The normalized spacial score (nSPS) is 12.1. The summed E-state index contributed by atoms with van der Waals surface area (Å²) in [5.74, 6) is 0.224. The molecule has 68 valence electrons. The molecule has 0 aromatic carbocycles. The third-order valence-corrected chi connectivity index (χ3v) is 1.45. The molecule has 0 aliphatic carbocycles. The lowest BCUT2D eigenvalue weighted by Gasteiger charge is -1.98. The van der Waals surface area contributed by atoms with Gasteiger partial charge in [0.05, 0.1) is 6.54 Å². The summed E-state index contributed by atoms with van der Waals surface area (Å²) in [6.45, 7) is 0.00653. The maximum absolute atomic E-state index is 12.0. The number of aryl methyl sites for hydroxylation is 1. The van der Waals surface area contributed by atoms with Gasteiger partial charge in [0.1, 0.15) is 5.82 Å². The summed E-state index contributed by atoms with van der Waals surface area (Å²) in [6.07, 6.45) is -3.46. The Morgan fingerprint density at radius 1 is 1.58 bits per heavy atom. The number of rotatable bonds is 1. The molecule has 0 radical (unpaired) electrons. The van der Waals surface area contributed by atoms with Crippen molar-refractivity contribution in [3.05, 3.63) is 17.7 Å². The lowest BCUT2D eigenvalue weighted by molar-refractivity contribution is -0.141. The molecule has 0 saturated carbocycles. The Bertz CT molecular complexity index is 276. The highest BCUT2D eigenvalue weighted by atomic mass is 19.4. The lowest BCUT2D eigenvalue weighted by atomic mass is 10.5. The lowest BCUT2D eigenvalue weighted by Crippen LogP contribution is -2.06. The van der Waals surface area contributed by atoms with E-state index in [2.05, 4.69) is 4.98 Å². The van der Waals surface area contributed by atoms with Gasteiger partial charge in [0.2, 0.25) is 0 Å². The van der Waals surface area contributed by atoms with E-state index in [0.29, 0.717) is 0 Å². The Labute approximate surface area is 67.0 Å². The quantitative estimate of drug-likeness (QED) is 0.696. The van der Waals surface area contributed by atoms with Crippen molar-refractivity contribution >= 4 is 0 Å². The molecule has 0 unspecified atom stereocenters. The molecule has 1 aromatic heterocycles. The van der Waals surface area contributed by atoms with E-state index in [9.17, 15) is 13.2 Å². The Kier molecular flexibility index (Phi) is 2.10. The molecule has 1 rings (SSSR count). The summed E-state index contributed by atoms with van der Waals surface area (Å²) in [5.41, 5.74) is 4.26. The molecule has 6 heteroatoms. The van der Waals surface area contributed by atoms with Crippen molar-refractivity contribution in [1.82, 2.24) is 9.55 Å². The summed E-state index contributed by atoms with van der Waals surface area (Å²) in [5, 5.41) is 0. The third-order valence-electron chi connectivity index (χ3n) is 1.45.